The van der Waals surface area contributed by atoms with Crippen LogP contribution in [0.2, 0.25) is 0 Å². The quantitative estimate of drug-likeness (QED) is 0.796. The van der Waals surface area contributed by atoms with E-state index in [2.05, 4.69) is 34.3 Å². The summed E-state index contributed by atoms with van der Waals surface area (Å²) in [6.45, 7) is 6.82. The van der Waals surface area contributed by atoms with Crippen LogP contribution >= 0.6 is 0 Å². The molecule has 1 aromatic heterocycles. The minimum Gasteiger partial charge on any atom is -0.313 e. The molecule has 0 aromatic carbocycles. The summed E-state index contributed by atoms with van der Waals surface area (Å²) in [5, 5.41) is 3.79. The van der Waals surface area contributed by atoms with Gasteiger partial charge in [-0.05, 0) is 49.8 Å². The van der Waals surface area contributed by atoms with Crippen molar-refractivity contribution in [2.24, 2.45) is 5.41 Å². The first-order chi connectivity index (χ1) is 10.3. The maximum absolute atomic E-state index is 4.49. The summed E-state index contributed by atoms with van der Waals surface area (Å²) < 4.78 is 0. The zero-order valence-corrected chi connectivity index (χ0v) is 13.4. The molecule has 2 saturated carbocycles. The Morgan fingerprint density at radius 3 is 2.71 bits per heavy atom. The number of rotatable bonds is 8. The highest BCUT2D eigenvalue weighted by Crippen LogP contribution is 2.39. The third-order valence-corrected chi connectivity index (χ3v) is 5.13. The van der Waals surface area contributed by atoms with E-state index in [9.17, 15) is 0 Å². The van der Waals surface area contributed by atoms with Gasteiger partial charge in [0.2, 0.25) is 0 Å². The standard InChI is InChI=1S/C18H29N3/c1-2-21(13-17-7-3-6-12-19-17)15-18(10-4-5-11-18)14-20-16-8-9-16/h3,6-7,12,16,20H,2,4-5,8-11,13-15H2,1H3. The second-order valence-electron chi connectivity index (χ2n) is 6.99. The first kappa shape index (κ1) is 15.0. The highest BCUT2D eigenvalue weighted by molar-refractivity contribution is 5.03. The third-order valence-electron chi connectivity index (χ3n) is 5.13. The molecule has 21 heavy (non-hydrogen) atoms. The van der Waals surface area contributed by atoms with Gasteiger partial charge in [0.15, 0.2) is 0 Å². The van der Waals surface area contributed by atoms with E-state index in [1.54, 1.807) is 0 Å². The van der Waals surface area contributed by atoms with Crippen molar-refractivity contribution in [3.8, 4) is 0 Å². The van der Waals surface area contributed by atoms with Gasteiger partial charge < -0.3 is 5.32 Å². The lowest BCUT2D eigenvalue weighted by Gasteiger charge is -2.35. The average Bonchev–Trinajstić information content (AvgIpc) is 3.25. The van der Waals surface area contributed by atoms with Crippen LogP contribution in [0.3, 0.4) is 0 Å². The second kappa shape index (κ2) is 6.89. The molecule has 2 fully saturated rings. The van der Waals surface area contributed by atoms with E-state index in [1.807, 2.05) is 12.3 Å². The van der Waals surface area contributed by atoms with Crippen LogP contribution in [0.15, 0.2) is 24.4 Å². The fourth-order valence-electron chi connectivity index (χ4n) is 3.64. The fraction of sp³-hybridized carbons (Fsp3) is 0.722. The van der Waals surface area contributed by atoms with Crippen molar-refractivity contribution < 1.29 is 0 Å². The van der Waals surface area contributed by atoms with Crippen LogP contribution in [0, 0.1) is 5.41 Å². The average molecular weight is 287 g/mol. The normalized spacial score (nSPS) is 21.0. The first-order valence-electron chi connectivity index (χ1n) is 8.65. The molecule has 0 radical (unpaired) electrons. The van der Waals surface area contributed by atoms with E-state index in [4.69, 9.17) is 0 Å². The van der Waals surface area contributed by atoms with Crippen molar-refractivity contribution in [1.29, 1.82) is 0 Å². The Hall–Kier alpha value is -0.930. The molecule has 0 unspecified atom stereocenters. The molecular formula is C18H29N3. The Labute approximate surface area is 129 Å². The van der Waals surface area contributed by atoms with Gasteiger partial charge >= 0.3 is 0 Å². The van der Waals surface area contributed by atoms with Gasteiger partial charge in [0.25, 0.3) is 0 Å². The van der Waals surface area contributed by atoms with Gasteiger partial charge in [-0.2, -0.15) is 0 Å². The van der Waals surface area contributed by atoms with Gasteiger partial charge in [0.05, 0.1) is 5.69 Å². The molecule has 0 saturated heterocycles. The second-order valence-corrected chi connectivity index (χ2v) is 6.99. The lowest BCUT2D eigenvalue weighted by atomic mass is 9.85. The SMILES string of the molecule is CCN(Cc1ccccn1)CC1(CNC2CC2)CCCC1. The predicted octanol–water partition coefficient (Wildman–Crippen LogP) is 3.22. The summed E-state index contributed by atoms with van der Waals surface area (Å²) in [4.78, 5) is 7.08. The molecule has 0 atom stereocenters. The number of nitrogens with zero attached hydrogens (tertiary/aromatic N) is 2. The lowest BCUT2D eigenvalue weighted by Crippen LogP contribution is -2.43. The Balaban J connectivity index is 1.59. The summed E-state index contributed by atoms with van der Waals surface area (Å²) in [6, 6.07) is 7.06. The molecule has 1 aromatic rings. The highest BCUT2D eigenvalue weighted by atomic mass is 15.1. The van der Waals surface area contributed by atoms with Gasteiger partial charge in [-0.3, -0.25) is 9.88 Å². The van der Waals surface area contributed by atoms with Crippen LogP contribution in [0.25, 0.3) is 0 Å². The molecule has 0 spiro atoms. The molecule has 3 rings (SSSR count). The molecule has 0 amide bonds. The topological polar surface area (TPSA) is 28.2 Å². The summed E-state index contributed by atoms with van der Waals surface area (Å²) in [5.41, 5.74) is 1.70. The van der Waals surface area contributed by atoms with Crippen molar-refractivity contribution in [2.75, 3.05) is 19.6 Å². The first-order valence-corrected chi connectivity index (χ1v) is 8.65. The number of hydrogen-bond donors (Lipinski definition) is 1. The minimum atomic E-state index is 0.507. The van der Waals surface area contributed by atoms with E-state index in [0.717, 1.165) is 19.1 Å². The minimum absolute atomic E-state index is 0.507. The Morgan fingerprint density at radius 1 is 1.29 bits per heavy atom. The fourth-order valence-corrected chi connectivity index (χ4v) is 3.64. The largest absolute Gasteiger partial charge is 0.313 e. The number of nitrogens with one attached hydrogen (secondary N) is 1. The number of pyridine rings is 1. The van der Waals surface area contributed by atoms with Crippen molar-refractivity contribution >= 4 is 0 Å². The number of aromatic nitrogens is 1. The van der Waals surface area contributed by atoms with Crippen molar-refractivity contribution in [1.82, 2.24) is 15.2 Å². The molecule has 116 valence electrons. The van der Waals surface area contributed by atoms with Crippen LogP contribution in [-0.2, 0) is 6.54 Å². The van der Waals surface area contributed by atoms with E-state index in [1.165, 1.54) is 57.3 Å². The van der Waals surface area contributed by atoms with E-state index >= 15 is 0 Å². The molecule has 1 N–H and O–H groups in total. The number of hydrogen-bond acceptors (Lipinski definition) is 3. The summed E-state index contributed by atoms with van der Waals surface area (Å²) >= 11 is 0. The zero-order chi connectivity index (χ0) is 14.5. The molecular weight excluding hydrogens is 258 g/mol. The smallest absolute Gasteiger partial charge is 0.0543 e. The van der Waals surface area contributed by atoms with Crippen molar-refractivity contribution in [2.45, 2.75) is 58.0 Å². The van der Waals surface area contributed by atoms with Gasteiger partial charge in [0, 0.05) is 31.9 Å². The van der Waals surface area contributed by atoms with E-state index < -0.39 is 0 Å². The van der Waals surface area contributed by atoms with Crippen molar-refractivity contribution in [3.63, 3.8) is 0 Å². The Morgan fingerprint density at radius 2 is 2.10 bits per heavy atom. The summed E-state index contributed by atoms with van der Waals surface area (Å²) in [5.74, 6) is 0. The molecule has 2 aliphatic carbocycles. The summed E-state index contributed by atoms with van der Waals surface area (Å²) in [7, 11) is 0. The van der Waals surface area contributed by atoms with E-state index in [-0.39, 0.29) is 0 Å². The maximum atomic E-state index is 4.49. The van der Waals surface area contributed by atoms with Crippen molar-refractivity contribution in [3.05, 3.63) is 30.1 Å². The molecule has 2 aliphatic rings. The van der Waals surface area contributed by atoms with Crippen LogP contribution in [0.1, 0.15) is 51.1 Å². The molecule has 3 nitrogen and oxygen atoms in total. The highest BCUT2D eigenvalue weighted by Gasteiger charge is 2.36. The van der Waals surface area contributed by atoms with Crippen LogP contribution in [0.5, 0.6) is 0 Å². The Kier molecular flexibility index (Phi) is 4.91. The Bertz CT molecular complexity index is 421. The van der Waals surface area contributed by atoms with Crippen LogP contribution in [-0.4, -0.2) is 35.6 Å². The third kappa shape index (κ3) is 4.27. The monoisotopic (exact) mass is 287 g/mol. The van der Waals surface area contributed by atoms with Crippen LogP contribution < -0.4 is 5.32 Å². The van der Waals surface area contributed by atoms with E-state index in [0.29, 0.717) is 5.41 Å². The van der Waals surface area contributed by atoms with Gasteiger partial charge in [-0.25, -0.2) is 0 Å². The molecule has 0 bridgehead atoms. The lowest BCUT2D eigenvalue weighted by molar-refractivity contribution is 0.146. The van der Waals surface area contributed by atoms with Gasteiger partial charge in [0.1, 0.15) is 0 Å². The van der Waals surface area contributed by atoms with Crippen LogP contribution in [0.4, 0.5) is 0 Å². The molecule has 3 heteroatoms. The zero-order valence-electron chi connectivity index (χ0n) is 13.4. The van der Waals surface area contributed by atoms with Gasteiger partial charge in [-0.1, -0.05) is 25.8 Å². The predicted molar refractivity (Wildman–Crippen MR) is 87.1 cm³/mol. The summed E-state index contributed by atoms with van der Waals surface area (Å²) in [6.07, 6.45) is 10.3. The van der Waals surface area contributed by atoms with Gasteiger partial charge in [-0.15, -0.1) is 0 Å². The molecule has 1 heterocycles. The maximum Gasteiger partial charge on any atom is 0.0543 e. The molecule has 0 aliphatic heterocycles.